The van der Waals surface area contributed by atoms with Gasteiger partial charge >= 0.3 is 24.8 Å². The van der Waals surface area contributed by atoms with Gasteiger partial charge in [0.1, 0.15) is 6.20 Å². The highest BCUT2D eigenvalue weighted by atomic mass is 32.2. The summed E-state index contributed by atoms with van der Waals surface area (Å²) in [6, 6.07) is 4.90. The van der Waals surface area contributed by atoms with Crippen LogP contribution in [0.4, 0.5) is 26.5 Å². The normalized spacial score (nSPS) is 8.69. The molecule has 1 heterocycles. The van der Waals surface area contributed by atoms with Gasteiger partial charge in [-0.1, -0.05) is 13.8 Å². The molecule has 92 valence electrons. The van der Waals surface area contributed by atoms with E-state index in [2.05, 4.69) is 4.98 Å². The lowest BCUT2D eigenvalue weighted by atomic mass is 10.5. The van der Waals surface area contributed by atoms with Crippen LogP contribution in [0.2, 0.25) is 0 Å². The Labute approximate surface area is 91.4 Å². The first-order chi connectivity index (χ1) is 6.95. The summed E-state index contributed by atoms with van der Waals surface area (Å²) >= 11 is -2.74. The first-order valence-corrected chi connectivity index (χ1v) is 4.57. The van der Waals surface area contributed by atoms with E-state index in [0.717, 1.165) is 3.95 Å². The number of hydrogen-bond acceptors (Lipinski definition) is 1. The lowest BCUT2D eigenvalue weighted by Gasteiger charge is -1.90. The third kappa shape index (κ3) is 8.27. The predicted molar refractivity (Wildman–Crippen MR) is 48.7 cm³/mol. The average Bonchev–Trinajstić information content (AvgIpc) is 2.17. The molecule has 1 rings (SSSR count). The summed E-state index contributed by atoms with van der Waals surface area (Å²) in [4.78, 5) is 3.75. The monoisotopic (exact) mass is 264 g/mol. The molecule has 0 saturated heterocycles. The largest absolute Gasteiger partial charge is 1.00 e. The van der Waals surface area contributed by atoms with Gasteiger partial charge in [0.15, 0.2) is 0 Å². The van der Waals surface area contributed by atoms with Gasteiger partial charge in [-0.15, -0.1) is 0 Å². The van der Waals surface area contributed by atoms with Crippen LogP contribution in [-0.4, -0.2) is 23.5 Å². The van der Waals surface area contributed by atoms with E-state index in [1.165, 1.54) is 13.2 Å². The summed E-state index contributed by atoms with van der Waals surface area (Å²) in [5.41, 5.74) is 0. The molecule has 0 aliphatic carbocycles. The third-order valence-corrected chi connectivity index (χ3v) is 1.78. The SMILES string of the molecule is C[N+](c1ccccn1)=S(F)F.FB(F)F.[F-]. The predicted octanol–water partition coefficient (Wildman–Crippen LogP) is -0.190. The Morgan fingerprint density at radius 1 is 1.25 bits per heavy atom. The molecule has 0 aliphatic rings. The van der Waals surface area contributed by atoms with E-state index in [0.29, 0.717) is 5.82 Å². The standard InChI is InChI=1S/C6H7F2N2S.BF3.FH/c1-10(11(7)8)6-4-2-3-5-9-6;2-1(3)4;/h2-5H,1H3;;1H/q+1;;/p-1. The van der Waals surface area contributed by atoms with Crippen molar-refractivity contribution in [3.63, 3.8) is 0 Å². The Morgan fingerprint density at radius 2 is 1.75 bits per heavy atom. The molecule has 1 aromatic rings. The first-order valence-electron chi connectivity index (χ1n) is 3.59. The summed E-state index contributed by atoms with van der Waals surface area (Å²) < 4.78 is 53.9. The molecular weight excluding hydrogens is 257 g/mol. The number of rotatable bonds is 1. The molecular formula is C6H7BF6N2S. The fourth-order valence-corrected chi connectivity index (χ4v) is 0.860. The Hall–Kier alpha value is -1.06. The molecule has 0 aliphatic heterocycles. The van der Waals surface area contributed by atoms with Crippen molar-refractivity contribution in [3.05, 3.63) is 24.4 Å². The maximum atomic E-state index is 12.0. The number of aromatic nitrogens is 1. The van der Waals surface area contributed by atoms with E-state index in [1.807, 2.05) is 0 Å². The number of hydrogen-bond donors (Lipinski definition) is 0. The van der Waals surface area contributed by atoms with Crippen LogP contribution in [0.15, 0.2) is 24.4 Å². The quantitative estimate of drug-likeness (QED) is 0.390. The van der Waals surface area contributed by atoms with Crippen molar-refractivity contribution in [2.24, 2.45) is 0 Å². The van der Waals surface area contributed by atoms with E-state index in [9.17, 15) is 20.7 Å². The molecule has 0 spiro atoms. The molecule has 0 N–H and O–H groups in total. The maximum absolute atomic E-state index is 12.0. The Morgan fingerprint density at radius 3 is 2.06 bits per heavy atom. The molecule has 10 heteroatoms. The fraction of sp³-hybridized carbons (Fsp3) is 0.167. The summed E-state index contributed by atoms with van der Waals surface area (Å²) in [5, 5.41) is 0. The van der Waals surface area contributed by atoms with E-state index in [1.54, 1.807) is 18.2 Å². The smallest absolute Gasteiger partial charge is 0.762 e. The maximum Gasteiger partial charge on any atom is 0.762 e. The zero-order valence-corrected chi connectivity index (χ0v) is 8.77. The third-order valence-electron chi connectivity index (χ3n) is 1.18. The van der Waals surface area contributed by atoms with Crippen molar-refractivity contribution < 1.29 is 29.4 Å². The van der Waals surface area contributed by atoms with Crippen LogP contribution >= 0.6 is 0 Å². The molecule has 2 nitrogen and oxygen atoms in total. The van der Waals surface area contributed by atoms with Crippen LogP contribution < -0.4 is 4.70 Å². The summed E-state index contributed by atoms with van der Waals surface area (Å²) in [6.07, 6.45) is 1.48. The van der Waals surface area contributed by atoms with E-state index < -0.39 is 19.0 Å². The zero-order chi connectivity index (χ0) is 11.8. The van der Waals surface area contributed by atoms with Gasteiger partial charge in [0, 0.05) is 6.07 Å². The molecule has 0 amide bonds. The summed E-state index contributed by atoms with van der Waals surface area (Å²) in [5.74, 6) is 0.292. The van der Waals surface area contributed by atoms with Crippen LogP contribution in [0.3, 0.4) is 0 Å². The van der Waals surface area contributed by atoms with Crippen LogP contribution in [0, 0.1) is 0 Å². The Kier molecular flexibility index (Phi) is 9.96. The molecule has 0 unspecified atom stereocenters. The van der Waals surface area contributed by atoms with E-state index in [-0.39, 0.29) is 4.70 Å². The number of nitrogens with zero attached hydrogens (tertiary/aromatic N) is 2. The van der Waals surface area contributed by atoms with Gasteiger partial charge in [0.05, 0.1) is 7.05 Å². The van der Waals surface area contributed by atoms with Crippen LogP contribution in [0.25, 0.3) is 0 Å². The zero-order valence-electron chi connectivity index (χ0n) is 7.96. The lowest BCUT2D eigenvalue weighted by Crippen LogP contribution is -3.00. The second kappa shape index (κ2) is 9.19. The van der Waals surface area contributed by atoms with Crippen molar-refractivity contribution in [3.8, 4) is 0 Å². The molecule has 16 heavy (non-hydrogen) atoms. The van der Waals surface area contributed by atoms with Crippen molar-refractivity contribution in [1.82, 2.24) is 4.98 Å². The second-order valence-electron chi connectivity index (χ2n) is 2.13. The molecule has 0 aromatic carbocycles. The van der Waals surface area contributed by atoms with Crippen molar-refractivity contribution >= 4 is 24.8 Å². The van der Waals surface area contributed by atoms with Crippen LogP contribution in [0.5, 0.6) is 0 Å². The summed E-state index contributed by atoms with van der Waals surface area (Å²) in [6.45, 7) is 0. The van der Waals surface area contributed by atoms with Gasteiger partial charge in [-0.2, -0.15) is 3.95 Å². The Bertz CT molecular complexity index is 315. The minimum atomic E-state index is -3.67. The van der Waals surface area contributed by atoms with Crippen molar-refractivity contribution in [1.29, 1.82) is 0 Å². The summed E-state index contributed by atoms with van der Waals surface area (Å²) in [7, 11) is -2.36. The molecule has 1 aromatic heterocycles. The lowest BCUT2D eigenvalue weighted by molar-refractivity contribution is -0.386. The topological polar surface area (TPSA) is 15.9 Å². The highest BCUT2D eigenvalue weighted by Crippen LogP contribution is 2.06. The van der Waals surface area contributed by atoms with E-state index >= 15 is 0 Å². The molecule has 0 saturated carbocycles. The van der Waals surface area contributed by atoms with Crippen molar-refractivity contribution in [2.75, 3.05) is 7.05 Å². The minimum absolute atomic E-state index is 0. The van der Waals surface area contributed by atoms with Crippen molar-refractivity contribution in [2.45, 2.75) is 0 Å². The molecule has 0 fully saturated rings. The van der Waals surface area contributed by atoms with Gasteiger partial charge < -0.3 is 4.70 Å². The number of halogens is 6. The molecule has 0 radical (unpaired) electrons. The Balaban J connectivity index is 0. The minimum Gasteiger partial charge on any atom is -1.00 e. The van der Waals surface area contributed by atoms with E-state index in [4.69, 9.17) is 0 Å². The van der Waals surface area contributed by atoms with Gasteiger partial charge in [0.2, 0.25) is 0 Å². The highest BCUT2D eigenvalue weighted by molar-refractivity contribution is 7.74. The van der Waals surface area contributed by atoms with Gasteiger partial charge in [-0.05, 0) is 11.1 Å². The van der Waals surface area contributed by atoms with Crippen LogP contribution in [-0.2, 0) is 11.5 Å². The second-order valence-corrected chi connectivity index (χ2v) is 3.07. The average molecular weight is 264 g/mol. The highest BCUT2D eigenvalue weighted by Gasteiger charge is 2.08. The fourth-order valence-electron chi connectivity index (χ4n) is 0.611. The number of pyridine rings is 1. The van der Waals surface area contributed by atoms with Crippen LogP contribution in [0.1, 0.15) is 0 Å². The van der Waals surface area contributed by atoms with Gasteiger partial charge in [0.25, 0.3) is 0 Å². The van der Waals surface area contributed by atoms with Gasteiger partial charge in [-0.25, -0.2) is 0 Å². The van der Waals surface area contributed by atoms with Gasteiger partial charge in [-0.3, -0.25) is 12.9 Å². The molecule has 0 atom stereocenters. The first kappa shape index (κ1) is 17.3. The molecule has 0 bridgehead atoms.